The second kappa shape index (κ2) is 8.34. The summed E-state index contributed by atoms with van der Waals surface area (Å²) in [5.41, 5.74) is 1.17. The van der Waals surface area contributed by atoms with Gasteiger partial charge in [-0.15, -0.1) is 11.3 Å². The van der Waals surface area contributed by atoms with Gasteiger partial charge in [-0.25, -0.2) is 4.98 Å². The van der Waals surface area contributed by atoms with E-state index in [9.17, 15) is 14.9 Å². The van der Waals surface area contributed by atoms with Crippen LogP contribution in [0.25, 0.3) is 17.3 Å². The number of aromatic nitrogens is 1. The molecule has 0 fully saturated rings. The number of carbonyl (C=O) groups excluding carboxylic acids is 1. The number of carbonyl (C=O) groups is 1. The van der Waals surface area contributed by atoms with Gasteiger partial charge in [0.15, 0.2) is 10.2 Å². The zero-order chi connectivity index (χ0) is 19.2. The Morgan fingerprint density at radius 2 is 2.19 bits per heavy atom. The first kappa shape index (κ1) is 18.4. The minimum atomic E-state index is -0.462. The standard InChI is InChI=1S/C17H12N4O4S2/c22-15(7-6-13-5-2-8-25-13)19-16(26)20-17-18-14(10-27-17)11-3-1-4-12(9-11)21(23)24/h1-10H,(H2,18,19,20,22,26). The highest BCUT2D eigenvalue weighted by Gasteiger charge is 2.11. The molecule has 0 saturated heterocycles. The number of nitro benzene ring substituents is 1. The minimum absolute atomic E-state index is 0.0128. The lowest BCUT2D eigenvalue weighted by Crippen LogP contribution is -2.32. The molecule has 0 atom stereocenters. The first-order chi connectivity index (χ1) is 13.0. The first-order valence-corrected chi connectivity index (χ1v) is 8.84. The van der Waals surface area contributed by atoms with Crippen LogP contribution in [-0.4, -0.2) is 20.9 Å². The summed E-state index contributed by atoms with van der Waals surface area (Å²) in [5, 5.41) is 18.5. The van der Waals surface area contributed by atoms with Crippen molar-refractivity contribution in [3.05, 3.63) is 70.0 Å². The number of nitrogens with zero attached hydrogens (tertiary/aromatic N) is 2. The lowest BCUT2D eigenvalue weighted by molar-refractivity contribution is -0.384. The maximum atomic E-state index is 11.8. The van der Waals surface area contributed by atoms with E-state index in [0.29, 0.717) is 22.1 Å². The van der Waals surface area contributed by atoms with Gasteiger partial charge in [-0.2, -0.15) is 0 Å². The van der Waals surface area contributed by atoms with Crippen LogP contribution >= 0.6 is 23.6 Å². The van der Waals surface area contributed by atoms with Gasteiger partial charge < -0.3 is 9.73 Å². The Morgan fingerprint density at radius 1 is 1.33 bits per heavy atom. The molecule has 2 heterocycles. The van der Waals surface area contributed by atoms with Crippen molar-refractivity contribution in [2.24, 2.45) is 0 Å². The highest BCUT2D eigenvalue weighted by Crippen LogP contribution is 2.27. The largest absolute Gasteiger partial charge is 0.465 e. The van der Waals surface area contributed by atoms with Crippen LogP contribution < -0.4 is 10.6 Å². The highest BCUT2D eigenvalue weighted by atomic mass is 32.1. The summed E-state index contributed by atoms with van der Waals surface area (Å²) >= 11 is 6.35. The van der Waals surface area contributed by atoms with Crippen LogP contribution in [0.5, 0.6) is 0 Å². The van der Waals surface area contributed by atoms with E-state index in [-0.39, 0.29) is 10.8 Å². The number of benzene rings is 1. The lowest BCUT2D eigenvalue weighted by atomic mass is 10.1. The van der Waals surface area contributed by atoms with Crippen molar-refractivity contribution in [2.45, 2.75) is 0 Å². The van der Waals surface area contributed by atoms with Gasteiger partial charge >= 0.3 is 0 Å². The summed E-state index contributed by atoms with van der Waals surface area (Å²) < 4.78 is 5.09. The lowest BCUT2D eigenvalue weighted by Gasteiger charge is -2.04. The van der Waals surface area contributed by atoms with Gasteiger partial charge in [0.2, 0.25) is 5.91 Å². The number of anilines is 1. The maximum absolute atomic E-state index is 11.8. The van der Waals surface area contributed by atoms with E-state index in [4.69, 9.17) is 16.6 Å². The summed E-state index contributed by atoms with van der Waals surface area (Å²) in [6.07, 6.45) is 4.32. The first-order valence-electron chi connectivity index (χ1n) is 7.55. The molecule has 8 nitrogen and oxygen atoms in total. The molecule has 3 aromatic rings. The number of furan rings is 1. The number of amides is 1. The Kier molecular flexibility index (Phi) is 5.69. The molecule has 0 aliphatic heterocycles. The molecule has 0 unspecified atom stereocenters. The third kappa shape index (κ3) is 5.06. The van der Waals surface area contributed by atoms with E-state index < -0.39 is 10.8 Å². The molecular formula is C17H12N4O4S2. The van der Waals surface area contributed by atoms with Gasteiger partial charge in [0, 0.05) is 29.2 Å². The van der Waals surface area contributed by atoms with Crippen LogP contribution in [0.2, 0.25) is 0 Å². The van der Waals surface area contributed by atoms with Crippen molar-refractivity contribution >= 4 is 51.5 Å². The second-order valence-electron chi connectivity index (χ2n) is 5.14. The number of thiazole rings is 1. The molecule has 0 spiro atoms. The predicted octanol–water partition coefficient (Wildman–Crippen LogP) is 3.84. The number of nitrogens with one attached hydrogen (secondary N) is 2. The van der Waals surface area contributed by atoms with E-state index in [1.54, 1.807) is 29.6 Å². The summed E-state index contributed by atoms with van der Waals surface area (Å²) in [7, 11) is 0. The molecule has 1 amide bonds. The monoisotopic (exact) mass is 400 g/mol. The average Bonchev–Trinajstić information content (AvgIpc) is 3.32. The molecule has 2 aromatic heterocycles. The average molecular weight is 400 g/mol. The molecule has 10 heteroatoms. The molecule has 0 bridgehead atoms. The Balaban J connectivity index is 1.60. The van der Waals surface area contributed by atoms with E-state index >= 15 is 0 Å². The molecule has 1 aromatic carbocycles. The van der Waals surface area contributed by atoms with Crippen LogP contribution in [0, 0.1) is 10.1 Å². The Morgan fingerprint density at radius 3 is 2.93 bits per heavy atom. The van der Waals surface area contributed by atoms with Gasteiger partial charge in [0.1, 0.15) is 5.76 Å². The zero-order valence-electron chi connectivity index (χ0n) is 13.6. The number of rotatable bonds is 5. The normalized spacial score (nSPS) is 10.7. The van der Waals surface area contributed by atoms with Gasteiger partial charge in [0.05, 0.1) is 16.9 Å². The quantitative estimate of drug-likeness (QED) is 0.290. The third-order valence-electron chi connectivity index (χ3n) is 3.26. The maximum Gasteiger partial charge on any atom is 0.270 e. The number of nitro groups is 1. The van der Waals surface area contributed by atoms with Crippen LogP contribution in [0.1, 0.15) is 5.76 Å². The van der Waals surface area contributed by atoms with Gasteiger partial charge in [-0.05, 0) is 30.4 Å². The van der Waals surface area contributed by atoms with Gasteiger partial charge in [-0.3, -0.25) is 20.2 Å². The molecule has 3 rings (SSSR count). The van der Waals surface area contributed by atoms with Crippen molar-refractivity contribution in [2.75, 3.05) is 5.32 Å². The van der Waals surface area contributed by atoms with Crippen LogP contribution in [0.15, 0.2) is 58.5 Å². The minimum Gasteiger partial charge on any atom is -0.465 e. The SMILES string of the molecule is O=C(C=Cc1ccco1)NC(=S)Nc1nc(-c2cccc([N+](=O)[O-])c2)cs1. The van der Waals surface area contributed by atoms with Crippen molar-refractivity contribution in [3.8, 4) is 11.3 Å². The molecule has 2 N–H and O–H groups in total. The smallest absolute Gasteiger partial charge is 0.270 e. The summed E-state index contributed by atoms with van der Waals surface area (Å²) in [4.78, 5) is 26.6. The van der Waals surface area contributed by atoms with Crippen molar-refractivity contribution in [1.29, 1.82) is 0 Å². The van der Waals surface area contributed by atoms with Crippen molar-refractivity contribution in [3.63, 3.8) is 0 Å². The third-order valence-corrected chi connectivity index (χ3v) is 4.22. The summed E-state index contributed by atoms with van der Waals surface area (Å²) in [5.74, 6) is 0.130. The molecule has 27 heavy (non-hydrogen) atoms. The number of non-ortho nitro benzene ring substituents is 1. The van der Waals surface area contributed by atoms with Crippen LogP contribution in [-0.2, 0) is 4.79 Å². The van der Waals surface area contributed by atoms with Crippen LogP contribution in [0.4, 0.5) is 10.8 Å². The molecule has 0 aliphatic rings. The molecular weight excluding hydrogens is 388 g/mol. The molecule has 136 valence electrons. The predicted molar refractivity (Wildman–Crippen MR) is 106 cm³/mol. The molecule has 0 radical (unpaired) electrons. The van der Waals surface area contributed by atoms with E-state index in [1.165, 1.54) is 41.9 Å². The fourth-order valence-corrected chi connectivity index (χ4v) is 3.05. The topological polar surface area (TPSA) is 110 Å². The van der Waals surface area contributed by atoms with Crippen LogP contribution in [0.3, 0.4) is 0 Å². The van der Waals surface area contributed by atoms with Crippen molar-refractivity contribution < 1.29 is 14.1 Å². The van der Waals surface area contributed by atoms with Gasteiger partial charge in [-0.1, -0.05) is 12.1 Å². The second-order valence-corrected chi connectivity index (χ2v) is 6.40. The van der Waals surface area contributed by atoms with Crippen molar-refractivity contribution in [1.82, 2.24) is 10.3 Å². The van der Waals surface area contributed by atoms with Gasteiger partial charge in [0.25, 0.3) is 5.69 Å². The molecule has 0 aliphatic carbocycles. The fraction of sp³-hybridized carbons (Fsp3) is 0. The number of thiocarbonyl (C=S) groups is 1. The highest BCUT2D eigenvalue weighted by molar-refractivity contribution is 7.80. The fourth-order valence-electron chi connectivity index (χ4n) is 2.07. The Hall–Kier alpha value is -3.37. The number of hydrogen-bond acceptors (Lipinski definition) is 7. The van der Waals surface area contributed by atoms with E-state index in [0.717, 1.165) is 0 Å². The zero-order valence-corrected chi connectivity index (χ0v) is 15.3. The Bertz CT molecular complexity index is 1010. The Labute approximate surface area is 162 Å². The summed E-state index contributed by atoms with van der Waals surface area (Å²) in [6, 6.07) is 9.60. The van der Waals surface area contributed by atoms with E-state index in [1.807, 2.05) is 0 Å². The van der Waals surface area contributed by atoms with E-state index in [2.05, 4.69) is 15.6 Å². The molecule has 0 saturated carbocycles. The summed E-state index contributed by atoms with van der Waals surface area (Å²) in [6.45, 7) is 0. The number of hydrogen-bond donors (Lipinski definition) is 2.